The second kappa shape index (κ2) is 7.61. The minimum atomic E-state index is -0.863. The lowest BCUT2D eigenvalue weighted by molar-refractivity contribution is -0.137. The molecule has 0 aliphatic carbocycles. The zero-order valence-corrected chi connectivity index (χ0v) is 12.8. The number of nitrogens with one attached hydrogen (secondary N) is 1. The van der Waals surface area contributed by atoms with Crippen LogP contribution in [0.4, 0.5) is 4.79 Å². The van der Waals surface area contributed by atoms with Gasteiger partial charge < -0.3 is 15.3 Å². The van der Waals surface area contributed by atoms with Crippen molar-refractivity contribution in [2.24, 2.45) is 0 Å². The fourth-order valence-electron chi connectivity index (χ4n) is 1.86. The molecule has 0 aromatic carbocycles. The first-order valence-corrected chi connectivity index (χ1v) is 7.03. The molecule has 2 N–H and O–H groups in total. The lowest BCUT2D eigenvalue weighted by atomic mass is 9.99. The van der Waals surface area contributed by atoms with Crippen LogP contribution in [0.5, 0.6) is 0 Å². The number of carboxylic acids is 1. The summed E-state index contributed by atoms with van der Waals surface area (Å²) in [6.07, 6.45) is 2.10. The van der Waals surface area contributed by atoms with Crippen molar-refractivity contribution in [2.75, 3.05) is 6.54 Å². The van der Waals surface area contributed by atoms with E-state index in [4.69, 9.17) is 5.11 Å². The third kappa shape index (κ3) is 6.25. The average molecular weight is 293 g/mol. The number of hydrogen-bond donors (Lipinski definition) is 2. The van der Waals surface area contributed by atoms with Crippen LogP contribution in [-0.2, 0) is 11.3 Å². The van der Waals surface area contributed by atoms with E-state index >= 15 is 0 Å². The van der Waals surface area contributed by atoms with Crippen LogP contribution in [0.3, 0.4) is 0 Å². The van der Waals surface area contributed by atoms with Crippen LogP contribution in [0.25, 0.3) is 0 Å². The van der Waals surface area contributed by atoms with Crippen LogP contribution < -0.4 is 5.32 Å². The summed E-state index contributed by atoms with van der Waals surface area (Å²) in [5, 5.41) is 11.6. The number of rotatable bonds is 7. The van der Waals surface area contributed by atoms with Gasteiger partial charge in [-0.25, -0.2) is 4.79 Å². The molecule has 1 aromatic heterocycles. The van der Waals surface area contributed by atoms with Crippen molar-refractivity contribution in [3.8, 4) is 0 Å². The van der Waals surface area contributed by atoms with Crippen LogP contribution >= 0.6 is 0 Å². The fraction of sp³-hybridized carbons (Fsp3) is 0.533. The van der Waals surface area contributed by atoms with E-state index in [1.807, 2.05) is 39.0 Å². The molecule has 6 nitrogen and oxygen atoms in total. The molecule has 0 fully saturated rings. The van der Waals surface area contributed by atoms with Crippen molar-refractivity contribution in [1.29, 1.82) is 0 Å². The molecule has 1 heterocycles. The summed E-state index contributed by atoms with van der Waals surface area (Å²) < 4.78 is 0. The predicted molar refractivity (Wildman–Crippen MR) is 79.8 cm³/mol. The van der Waals surface area contributed by atoms with E-state index in [1.165, 1.54) is 0 Å². The maximum Gasteiger partial charge on any atom is 0.318 e. The molecule has 116 valence electrons. The van der Waals surface area contributed by atoms with Gasteiger partial charge in [-0.3, -0.25) is 9.78 Å². The van der Waals surface area contributed by atoms with Crippen LogP contribution in [0.1, 0.15) is 39.3 Å². The first-order chi connectivity index (χ1) is 9.84. The first kappa shape index (κ1) is 16.9. The summed E-state index contributed by atoms with van der Waals surface area (Å²) in [6.45, 7) is 6.52. The number of aromatic nitrogens is 1. The molecule has 6 heteroatoms. The topological polar surface area (TPSA) is 82.5 Å². The Bertz CT molecular complexity index is 474. The number of carbonyl (C=O) groups excluding carboxylic acids is 1. The number of amides is 2. The second-order valence-electron chi connectivity index (χ2n) is 5.54. The molecule has 0 atom stereocenters. The quantitative estimate of drug-likeness (QED) is 0.807. The molecule has 21 heavy (non-hydrogen) atoms. The summed E-state index contributed by atoms with van der Waals surface area (Å²) in [6, 6.07) is 5.36. The van der Waals surface area contributed by atoms with E-state index in [0.29, 0.717) is 19.5 Å². The molecular formula is C15H23N3O3. The maximum absolute atomic E-state index is 12.3. The summed E-state index contributed by atoms with van der Waals surface area (Å²) >= 11 is 0. The number of carbonyl (C=O) groups is 2. The Kier molecular flexibility index (Phi) is 6.14. The first-order valence-electron chi connectivity index (χ1n) is 7.03. The predicted octanol–water partition coefficient (Wildman–Crippen LogP) is 2.26. The zero-order valence-electron chi connectivity index (χ0n) is 12.8. The minimum Gasteiger partial charge on any atom is -0.481 e. The van der Waals surface area contributed by atoms with E-state index in [0.717, 1.165) is 5.69 Å². The number of pyridine rings is 1. The van der Waals surface area contributed by atoms with Crippen molar-refractivity contribution in [2.45, 2.75) is 45.7 Å². The van der Waals surface area contributed by atoms with Crippen LogP contribution in [0, 0.1) is 0 Å². The molecule has 0 radical (unpaired) electrons. The lowest BCUT2D eigenvalue weighted by Crippen LogP contribution is -2.50. The smallest absolute Gasteiger partial charge is 0.318 e. The van der Waals surface area contributed by atoms with E-state index < -0.39 is 11.5 Å². The van der Waals surface area contributed by atoms with Gasteiger partial charge in [0.15, 0.2) is 0 Å². The van der Waals surface area contributed by atoms with Gasteiger partial charge in [0.1, 0.15) is 0 Å². The van der Waals surface area contributed by atoms with Crippen molar-refractivity contribution in [3.05, 3.63) is 30.1 Å². The van der Waals surface area contributed by atoms with Gasteiger partial charge in [-0.1, -0.05) is 6.07 Å². The summed E-state index contributed by atoms with van der Waals surface area (Å²) in [5.74, 6) is -0.863. The molecular weight excluding hydrogens is 270 g/mol. The largest absolute Gasteiger partial charge is 0.481 e. The third-order valence-corrected chi connectivity index (χ3v) is 3.16. The molecule has 0 aliphatic heterocycles. The Morgan fingerprint density at radius 2 is 2.10 bits per heavy atom. The summed E-state index contributed by atoms with van der Waals surface area (Å²) in [4.78, 5) is 28.8. The van der Waals surface area contributed by atoms with Crippen LogP contribution in [0.15, 0.2) is 24.4 Å². The zero-order chi connectivity index (χ0) is 15.9. The van der Waals surface area contributed by atoms with Crippen molar-refractivity contribution < 1.29 is 14.7 Å². The Hall–Kier alpha value is -2.11. The Morgan fingerprint density at radius 3 is 2.62 bits per heavy atom. The minimum absolute atomic E-state index is 0.0274. The van der Waals surface area contributed by atoms with Crippen LogP contribution in [0.2, 0.25) is 0 Å². The number of hydrogen-bond acceptors (Lipinski definition) is 3. The second-order valence-corrected chi connectivity index (χ2v) is 5.54. The normalized spacial score (nSPS) is 11.0. The van der Waals surface area contributed by atoms with Gasteiger partial charge in [-0.05, 0) is 39.3 Å². The highest BCUT2D eigenvalue weighted by molar-refractivity contribution is 5.75. The van der Waals surface area contributed by atoms with E-state index in [1.54, 1.807) is 11.1 Å². The molecule has 0 unspecified atom stereocenters. The highest BCUT2D eigenvalue weighted by Gasteiger charge is 2.24. The standard InChI is InChI=1S/C15H23N3O3/c1-4-18(11-12-7-5-6-10-16-12)14(21)17-15(2,3)9-8-13(19)20/h5-7,10H,4,8-9,11H2,1-3H3,(H,17,21)(H,19,20). The van der Waals surface area contributed by atoms with Crippen molar-refractivity contribution >= 4 is 12.0 Å². The van der Waals surface area contributed by atoms with Gasteiger partial charge in [0.05, 0.1) is 12.2 Å². The average Bonchev–Trinajstić information content (AvgIpc) is 2.43. The molecule has 1 rings (SSSR count). The van der Waals surface area contributed by atoms with Gasteiger partial charge in [0.25, 0.3) is 0 Å². The van der Waals surface area contributed by atoms with Gasteiger partial charge in [-0.2, -0.15) is 0 Å². The molecule has 0 saturated carbocycles. The van der Waals surface area contributed by atoms with E-state index in [-0.39, 0.29) is 12.5 Å². The number of nitrogens with zero attached hydrogens (tertiary/aromatic N) is 2. The molecule has 0 spiro atoms. The fourth-order valence-corrected chi connectivity index (χ4v) is 1.86. The Morgan fingerprint density at radius 1 is 1.38 bits per heavy atom. The summed E-state index contributed by atoms with van der Waals surface area (Å²) in [5.41, 5.74) is 0.255. The van der Waals surface area contributed by atoms with E-state index in [2.05, 4.69) is 10.3 Å². The van der Waals surface area contributed by atoms with Gasteiger partial charge in [0, 0.05) is 24.7 Å². The monoisotopic (exact) mass is 293 g/mol. The maximum atomic E-state index is 12.3. The third-order valence-electron chi connectivity index (χ3n) is 3.16. The number of carboxylic acid groups (broad SMARTS) is 1. The van der Waals surface area contributed by atoms with Crippen molar-refractivity contribution in [1.82, 2.24) is 15.2 Å². The molecule has 0 saturated heterocycles. The summed E-state index contributed by atoms with van der Waals surface area (Å²) in [7, 11) is 0. The molecule has 2 amide bonds. The Balaban J connectivity index is 2.60. The van der Waals surface area contributed by atoms with Gasteiger partial charge >= 0.3 is 12.0 Å². The molecule has 0 aliphatic rings. The lowest BCUT2D eigenvalue weighted by Gasteiger charge is -2.30. The SMILES string of the molecule is CCN(Cc1ccccn1)C(=O)NC(C)(C)CCC(=O)O. The highest BCUT2D eigenvalue weighted by Crippen LogP contribution is 2.12. The van der Waals surface area contributed by atoms with Gasteiger partial charge in [0.2, 0.25) is 0 Å². The number of aliphatic carboxylic acids is 1. The van der Waals surface area contributed by atoms with E-state index in [9.17, 15) is 9.59 Å². The van der Waals surface area contributed by atoms with Crippen LogP contribution in [-0.4, -0.2) is 39.1 Å². The number of urea groups is 1. The molecule has 1 aromatic rings. The molecule has 0 bridgehead atoms. The van der Waals surface area contributed by atoms with Gasteiger partial charge in [-0.15, -0.1) is 0 Å². The van der Waals surface area contributed by atoms with Crippen molar-refractivity contribution in [3.63, 3.8) is 0 Å². The Labute approximate surface area is 125 Å². The highest BCUT2D eigenvalue weighted by atomic mass is 16.4.